The molecule has 2 heterocycles. The number of carbonyl (C=O) groups excluding carboxylic acids is 1. The number of piperidine rings is 1. The van der Waals surface area contributed by atoms with Crippen LogP contribution in [0.4, 0.5) is 4.79 Å². The molecule has 0 radical (unpaired) electrons. The van der Waals surface area contributed by atoms with Crippen molar-refractivity contribution >= 4 is 6.03 Å². The number of hydrogen-bond donors (Lipinski definition) is 1. The van der Waals surface area contributed by atoms with Gasteiger partial charge in [0.15, 0.2) is 0 Å². The van der Waals surface area contributed by atoms with Crippen LogP contribution < -0.4 is 5.32 Å². The predicted molar refractivity (Wildman–Crippen MR) is 78.3 cm³/mol. The summed E-state index contributed by atoms with van der Waals surface area (Å²) in [5.41, 5.74) is 0.464. The molecule has 0 atom stereocenters. The van der Waals surface area contributed by atoms with E-state index in [1.807, 2.05) is 4.90 Å². The zero-order valence-electron chi connectivity index (χ0n) is 12.6. The zero-order chi connectivity index (χ0) is 13.7. The van der Waals surface area contributed by atoms with E-state index >= 15 is 0 Å². The first-order chi connectivity index (χ1) is 9.14. The molecule has 2 rings (SSSR count). The Kier molecular flexibility index (Phi) is 5.08. The quantitative estimate of drug-likeness (QED) is 0.833. The summed E-state index contributed by atoms with van der Waals surface area (Å²) < 4.78 is 0. The van der Waals surface area contributed by atoms with Crippen LogP contribution in [-0.2, 0) is 0 Å². The van der Waals surface area contributed by atoms with Crippen molar-refractivity contribution < 1.29 is 4.79 Å². The van der Waals surface area contributed by atoms with Gasteiger partial charge in [-0.25, -0.2) is 4.79 Å². The maximum absolute atomic E-state index is 12.5. The maximum atomic E-state index is 12.5. The van der Waals surface area contributed by atoms with Crippen LogP contribution in [-0.4, -0.2) is 55.1 Å². The molecular weight excluding hydrogens is 238 g/mol. The molecule has 2 fully saturated rings. The van der Waals surface area contributed by atoms with E-state index in [1.54, 1.807) is 0 Å². The summed E-state index contributed by atoms with van der Waals surface area (Å²) >= 11 is 0. The highest BCUT2D eigenvalue weighted by Crippen LogP contribution is 2.35. The van der Waals surface area contributed by atoms with Crippen molar-refractivity contribution in [2.75, 3.05) is 39.3 Å². The molecule has 19 heavy (non-hydrogen) atoms. The molecule has 0 saturated carbocycles. The molecule has 0 aromatic heterocycles. The maximum Gasteiger partial charge on any atom is 0.320 e. The fraction of sp³-hybridized carbons (Fsp3) is 0.933. The van der Waals surface area contributed by atoms with Crippen LogP contribution in [0.3, 0.4) is 0 Å². The van der Waals surface area contributed by atoms with Crippen LogP contribution in [0.15, 0.2) is 0 Å². The average Bonchev–Trinajstić information content (AvgIpc) is 2.68. The normalized spacial score (nSPS) is 24.1. The van der Waals surface area contributed by atoms with Crippen LogP contribution in [0.2, 0.25) is 0 Å². The van der Waals surface area contributed by atoms with Gasteiger partial charge in [-0.05, 0) is 37.6 Å². The molecule has 0 spiro atoms. The molecule has 0 bridgehead atoms. The molecule has 110 valence electrons. The highest BCUT2D eigenvalue weighted by molar-refractivity contribution is 5.74. The van der Waals surface area contributed by atoms with Gasteiger partial charge in [0.05, 0.1) is 0 Å². The van der Waals surface area contributed by atoms with Crippen LogP contribution in [0, 0.1) is 5.41 Å². The van der Waals surface area contributed by atoms with Crippen LogP contribution in [0.1, 0.15) is 46.0 Å². The van der Waals surface area contributed by atoms with Gasteiger partial charge in [0, 0.05) is 32.7 Å². The number of urea groups is 1. The second kappa shape index (κ2) is 6.60. The molecule has 0 aromatic rings. The third-order valence-electron chi connectivity index (χ3n) is 4.71. The molecule has 1 N–H and O–H groups in total. The fourth-order valence-corrected chi connectivity index (χ4v) is 3.33. The summed E-state index contributed by atoms with van der Waals surface area (Å²) in [6, 6.07) is 0.266. The van der Waals surface area contributed by atoms with Crippen molar-refractivity contribution in [2.24, 2.45) is 5.41 Å². The number of amides is 2. The van der Waals surface area contributed by atoms with Crippen molar-refractivity contribution in [1.29, 1.82) is 0 Å². The van der Waals surface area contributed by atoms with Crippen molar-refractivity contribution in [3.8, 4) is 0 Å². The average molecular weight is 267 g/mol. The van der Waals surface area contributed by atoms with Gasteiger partial charge in [-0.3, -0.25) is 0 Å². The van der Waals surface area contributed by atoms with Crippen molar-refractivity contribution in [3.05, 3.63) is 0 Å². The molecule has 4 heteroatoms. The molecular formula is C15H29N3O. The largest absolute Gasteiger partial charge is 0.325 e. The summed E-state index contributed by atoms with van der Waals surface area (Å²) in [5.74, 6) is 0. The summed E-state index contributed by atoms with van der Waals surface area (Å²) in [7, 11) is 0. The van der Waals surface area contributed by atoms with Gasteiger partial charge in [-0.15, -0.1) is 0 Å². The monoisotopic (exact) mass is 267 g/mol. The number of hydrogen-bond acceptors (Lipinski definition) is 2. The lowest BCUT2D eigenvalue weighted by Gasteiger charge is -2.41. The van der Waals surface area contributed by atoms with Gasteiger partial charge in [0.2, 0.25) is 0 Å². The second-order valence-corrected chi connectivity index (χ2v) is 6.42. The second-order valence-electron chi connectivity index (χ2n) is 6.42. The minimum Gasteiger partial charge on any atom is -0.325 e. The minimum absolute atomic E-state index is 0.266. The number of carbonyl (C=O) groups is 1. The Morgan fingerprint density at radius 3 is 2.47 bits per heavy atom. The highest BCUT2D eigenvalue weighted by Gasteiger charge is 2.32. The minimum atomic E-state index is 0.266. The van der Waals surface area contributed by atoms with E-state index in [-0.39, 0.29) is 6.03 Å². The Labute approximate surface area is 117 Å². The predicted octanol–water partition coefficient (Wildman–Crippen LogP) is 2.30. The number of nitrogens with one attached hydrogen (secondary N) is 1. The lowest BCUT2D eigenvalue weighted by Crippen LogP contribution is -2.49. The third kappa shape index (κ3) is 3.85. The van der Waals surface area contributed by atoms with Gasteiger partial charge in [-0.1, -0.05) is 20.3 Å². The Morgan fingerprint density at radius 2 is 1.79 bits per heavy atom. The van der Waals surface area contributed by atoms with E-state index in [1.165, 1.54) is 25.7 Å². The van der Waals surface area contributed by atoms with Crippen LogP contribution in [0.25, 0.3) is 0 Å². The van der Waals surface area contributed by atoms with E-state index in [0.29, 0.717) is 5.41 Å². The third-order valence-corrected chi connectivity index (χ3v) is 4.71. The van der Waals surface area contributed by atoms with Crippen molar-refractivity contribution in [2.45, 2.75) is 46.0 Å². The fourth-order valence-electron chi connectivity index (χ4n) is 3.33. The number of nitrogens with zero attached hydrogens (tertiary/aromatic N) is 2. The Morgan fingerprint density at radius 1 is 1.11 bits per heavy atom. The van der Waals surface area contributed by atoms with Gasteiger partial charge < -0.3 is 15.1 Å². The first-order valence-corrected chi connectivity index (χ1v) is 7.89. The molecule has 2 amide bonds. The number of rotatable bonds is 2. The number of likely N-dealkylation sites (tertiary alicyclic amines) is 1. The molecule has 0 aromatic carbocycles. The SMILES string of the molecule is CCCC1(C)CCN(C(=O)N2CCCNCC2)CC1. The lowest BCUT2D eigenvalue weighted by molar-refractivity contribution is 0.101. The van der Waals surface area contributed by atoms with Crippen molar-refractivity contribution in [3.63, 3.8) is 0 Å². The molecule has 0 aliphatic carbocycles. The molecule has 2 aliphatic heterocycles. The molecule has 2 aliphatic rings. The van der Waals surface area contributed by atoms with Crippen LogP contribution in [0.5, 0.6) is 0 Å². The van der Waals surface area contributed by atoms with E-state index in [9.17, 15) is 4.79 Å². The Balaban J connectivity index is 1.84. The highest BCUT2D eigenvalue weighted by atomic mass is 16.2. The Hall–Kier alpha value is -0.770. The first-order valence-electron chi connectivity index (χ1n) is 7.89. The Bertz CT molecular complexity index is 290. The van der Waals surface area contributed by atoms with Gasteiger partial charge >= 0.3 is 6.03 Å². The smallest absolute Gasteiger partial charge is 0.320 e. The summed E-state index contributed by atoms with van der Waals surface area (Å²) in [6.45, 7) is 10.3. The van der Waals surface area contributed by atoms with Crippen molar-refractivity contribution in [1.82, 2.24) is 15.1 Å². The standard InChI is InChI=1S/C15H29N3O/c1-3-5-15(2)6-11-18(12-7-15)14(19)17-10-4-8-16-9-13-17/h16H,3-13H2,1-2H3. The lowest BCUT2D eigenvalue weighted by atomic mass is 9.77. The van der Waals surface area contributed by atoms with E-state index in [4.69, 9.17) is 0 Å². The van der Waals surface area contributed by atoms with Gasteiger partial charge in [-0.2, -0.15) is 0 Å². The molecule has 0 unspecified atom stereocenters. The summed E-state index contributed by atoms with van der Waals surface area (Å²) in [6.07, 6.45) is 5.95. The summed E-state index contributed by atoms with van der Waals surface area (Å²) in [5, 5.41) is 3.35. The van der Waals surface area contributed by atoms with E-state index in [2.05, 4.69) is 24.1 Å². The zero-order valence-corrected chi connectivity index (χ0v) is 12.6. The van der Waals surface area contributed by atoms with E-state index in [0.717, 1.165) is 45.7 Å². The van der Waals surface area contributed by atoms with Gasteiger partial charge in [0.1, 0.15) is 0 Å². The molecule has 4 nitrogen and oxygen atoms in total. The molecule has 2 saturated heterocycles. The van der Waals surface area contributed by atoms with E-state index < -0.39 is 0 Å². The van der Waals surface area contributed by atoms with Gasteiger partial charge in [0.25, 0.3) is 0 Å². The van der Waals surface area contributed by atoms with Crippen LogP contribution >= 0.6 is 0 Å². The summed E-state index contributed by atoms with van der Waals surface area (Å²) in [4.78, 5) is 16.6. The topological polar surface area (TPSA) is 35.6 Å². The first kappa shape index (κ1) is 14.6.